The van der Waals surface area contributed by atoms with Gasteiger partial charge in [0.15, 0.2) is 4.96 Å². The molecule has 0 atom stereocenters. The van der Waals surface area contributed by atoms with Gasteiger partial charge in [0.2, 0.25) is 0 Å². The molecule has 13 heteroatoms. The normalized spacial score (nSPS) is 14.7. The number of nitro benzene ring substituents is 1. The first kappa shape index (κ1) is 24.7. The van der Waals surface area contributed by atoms with Crippen molar-refractivity contribution in [3.63, 3.8) is 0 Å². The van der Waals surface area contributed by atoms with Crippen LogP contribution in [-0.2, 0) is 12.7 Å². The Morgan fingerprint density at radius 2 is 1.84 bits per heavy atom. The quantitative estimate of drug-likeness (QED) is 0.278. The molecule has 0 spiro atoms. The third-order valence-electron chi connectivity index (χ3n) is 6.19. The van der Waals surface area contributed by atoms with Crippen LogP contribution >= 0.6 is 11.3 Å². The minimum absolute atomic E-state index is 0.00542. The number of alkyl halides is 3. The van der Waals surface area contributed by atoms with E-state index >= 15 is 0 Å². The smallest absolute Gasteiger partial charge is 0.322 e. The van der Waals surface area contributed by atoms with Crippen LogP contribution in [0.1, 0.15) is 11.3 Å². The molecular weight excluding hydrogens is 509 g/mol. The maximum absolute atomic E-state index is 13.0. The Hall–Kier alpha value is -3.97. The van der Waals surface area contributed by atoms with Crippen LogP contribution in [0.15, 0.2) is 60.1 Å². The van der Waals surface area contributed by atoms with Gasteiger partial charge in [-0.05, 0) is 30.3 Å². The summed E-state index contributed by atoms with van der Waals surface area (Å²) in [5, 5.41) is 15.5. The number of thiazole rings is 1. The fourth-order valence-electron chi connectivity index (χ4n) is 4.25. The molecular formula is C24H21F3N6O3S. The van der Waals surface area contributed by atoms with Crippen molar-refractivity contribution >= 4 is 33.7 Å². The first-order valence-electron chi connectivity index (χ1n) is 11.3. The summed E-state index contributed by atoms with van der Waals surface area (Å²) in [4.78, 5) is 32.5. The van der Waals surface area contributed by atoms with E-state index in [9.17, 15) is 28.1 Å². The molecule has 5 rings (SSSR count). The molecule has 0 aliphatic carbocycles. The molecule has 1 aliphatic heterocycles. The number of nitro groups is 1. The fraction of sp³-hybridized carbons (Fsp3) is 0.250. The number of anilines is 1. The summed E-state index contributed by atoms with van der Waals surface area (Å²) in [6, 6.07) is 10.4. The SMILES string of the molecule is O=C(Nc1cccc(C(F)(F)F)c1)N1CCN(Cc2c(-c3ccc([N+](=O)[O-])cc3)nc3sccn23)CC1. The first-order valence-corrected chi connectivity index (χ1v) is 12.2. The topological polar surface area (TPSA) is 96.0 Å². The molecule has 2 aromatic heterocycles. The van der Waals surface area contributed by atoms with Crippen molar-refractivity contribution in [3.05, 3.63) is 81.5 Å². The number of imidazole rings is 1. The van der Waals surface area contributed by atoms with E-state index in [1.807, 2.05) is 16.0 Å². The number of aromatic nitrogens is 2. The zero-order valence-electron chi connectivity index (χ0n) is 19.3. The van der Waals surface area contributed by atoms with Crippen LogP contribution in [0.3, 0.4) is 0 Å². The number of nitrogens with zero attached hydrogens (tertiary/aromatic N) is 5. The predicted octanol–water partition coefficient (Wildman–Crippen LogP) is 5.34. The van der Waals surface area contributed by atoms with E-state index in [-0.39, 0.29) is 11.4 Å². The average Bonchev–Trinajstić information content (AvgIpc) is 3.47. The van der Waals surface area contributed by atoms with Crippen LogP contribution in [0.4, 0.5) is 29.3 Å². The van der Waals surface area contributed by atoms with Gasteiger partial charge in [-0.2, -0.15) is 13.2 Å². The number of non-ortho nitro benzene ring substituents is 1. The Morgan fingerprint density at radius 1 is 1.11 bits per heavy atom. The number of amides is 2. The molecule has 37 heavy (non-hydrogen) atoms. The standard InChI is InChI=1S/C24H21F3N6O3S/c25-24(26,27)17-2-1-3-18(14-17)28-22(34)31-10-8-30(9-11-31)15-20-21(29-23-32(20)12-13-37-23)16-4-6-19(7-5-16)33(35)36/h1-7,12-14H,8-11,15H2,(H,28,34). The van der Waals surface area contributed by atoms with E-state index in [4.69, 9.17) is 4.98 Å². The van der Waals surface area contributed by atoms with E-state index in [1.54, 1.807) is 17.0 Å². The molecule has 3 heterocycles. The van der Waals surface area contributed by atoms with E-state index < -0.39 is 22.7 Å². The van der Waals surface area contributed by atoms with Crippen molar-refractivity contribution in [1.29, 1.82) is 0 Å². The number of urea groups is 1. The third-order valence-corrected chi connectivity index (χ3v) is 6.94. The number of nitrogens with one attached hydrogen (secondary N) is 1. The molecule has 1 saturated heterocycles. The molecule has 1 fully saturated rings. The largest absolute Gasteiger partial charge is 0.416 e. The van der Waals surface area contributed by atoms with Crippen molar-refractivity contribution in [2.45, 2.75) is 12.7 Å². The molecule has 0 saturated carbocycles. The Labute approximate surface area is 212 Å². The predicted molar refractivity (Wildman–Crippen MR) is 132 cm³/mol. The van der Waals surface area contributed by atoms with Crippen molar-refractivity contribution in [3.8, 4) is 11.3 Å². The van der Waals surface area contributed by atoms with E-state index in [0.717, 1.165) is 34.0 Å². The minimum atomic E-state index is -4.48. The summed E-state index contributed by atoms with van der Waals surface area (Å²) < 4.78 is 40.9. The number of hydrogen-bond donors (Lipinski definition) is 1. The second-order valence-corrected chi connectivity index (χ2v) is 9.41. The summed E-state index contributed by atoms with van der Waals surface area (Å²) in [5.74, 6) is 0. The molecule has 1 N–H and O–H groups in total. The van der Waals surface area contributed by atoms with Crippen molar-refractivity contribution in [2.75, 3.05) is 31.5 Å². The van der Waals surface area contributed by atoms with Gasteiger partial charge < -0.3 is 10.2 Å². The second kappa shape index (κ2) is 9.82. The van der Waals surface area contributed by atoms with Crippen LogP contribution in [-0.4, -0.2) is 56.3 Å². The Morgan fingerprint density at radius 3 is 2.51 bits per heavy atom. The molecule has 2 aromatic carbocycles. The number of hydrogen-bond acceptors (Lipinski definition) is 6. The van der Waals surface area contributed by atoms with Crippen molar-refractivity contribution in [2.24, 2.45) is 0 Å². The van der Waals surface area contributed by atoms with Gasteiger partial charge in [-0.25, -0.2) is 9.78 Å². The number of benzene rings is 2. The van der Waals surface area contributed by atoms with Crippen LogP contribution in [0.5, 0.6) is 0 Å². The van der Waals surface area contributed by atoms with Crippen LogP contribution < -0.4 is 5.32 Å². The van der Waals surface area contributed by atoms with Gasteiger partial charge in [0, 0.05) is 67.7 Å². The Bertz CT molecular complexity index is 1440. The summed E-state index contributed by atoms with van der Waals surface area (Å²) in [6.45, 7) is 2.49. The van der Waals surface area contributed by atoms with E-state index in [1.165, 1.54) is 35.6 Å². The summed E-state index contributed by atoms with van der Waals surface area (Å²) >= 11 is 1.49. The molecule has 9 nitrogen and oxygen atoms in total. The van der Waals surface area contributed by atoms with Crippen molar-refractivity contribution < 1.29 is 22.9 Å². The highest BCUT2D eigenvalue weighted by Crippen LogP contribution is 2.31. The number of piperazine rings is 1. The lowest BCUT2D eigenvalue weighted by atomic mass is 10.1. The highest BCUT2D eigenvalue weighted by atomic mass is 32.1. The van der Waals surface area contributed by atoms with E-state index in [2.05, 4.69) is 10.2 Å². The van der Waals surface area contributed by atoms with Gasteiger partial charge in [-0.15, -0.1) is 11.3 Å². The van der Waals surface area contributed by atoms with Crippen molar-refractivity contribution in [1.82, 2.24) is 19.2 Å². The molecule has 192 valence electrons. The van der Waals surface area contributed by atoms with E-state index in [0.29, 0.717) is 32.7 Å². The van der Waals surface area contributed by atoms with Crippen LogP contribution in [0.25, 0.3) is 16.2 Å². The zero-order chi connectivity index (χ0) is 26.2. The summed E-state index contributed by atoms with van der Waals surface area (Å²) in [5.41, 5.74) is 1.73. The number of carbonyl (C=O) groups excluding carboxylic acids is 1. The lowest BCUT2D eigenvalue weighted by molar-refractivity contribution is -0.384. The monoisotopic (exact) mass is 530 g/mol. The molecule has 0 radical (unpaired) electrons. The van der Waals surface area contributed by atoms with Gasteiger partial charge in [0.1, 0.15) is 0 Å². The molecule has 4 aromatic rings. The minimum Gasteiger partial charge on any atom is -0.322 e. The van der Waals surface area contributed by atoms with Gasteiger partial charge in [-0.3, -0.25) is 19.4 Å². The van der Waals surface area contributed by atoms with Crippen LogP contribution in [0.2, 0.25) is 0 Å². The summed E-state index contributed by atoms with van der Waals surface area (Å²) in [6.07, 6.45) is -2.56. The lowest BCUT2D eigenvalue weighted by Gasteiger charge is -2.34. The lowest BCUT2D eigenvalue weighted by Crippen LogP contribution is -2.49. The van der Waals surface area contributed by atoms with Gasteiger partial charge in [-0.1, -0.05) is 6.07 Å². The fourth-order valence-corrected chi connectivity index (χ4v) is 4.99. The maximum Gasteiger partial charge on any atom is 0.416 e. The third kappa shape index (κ3) is 5.27. The number of fused-ring (bicyclic) bond motifs is 1. The summed E-state index contributed by atoms with van der Waals surface area (Å²) in [7, 11) is 0. The molecule has 2 amide bonds. The zero-order valence-corrected chi connectivity index (χ0v) is 20.1. The van der Waals surface area contributed by atoms with Crippen LogP contribution in [0, 0.1) is 10.1 Å². The number of halogens is 3. The molecule has 0 bridgehead atoms. The Kier molecular flexibility index (Phi) is 6.56. The van der Waals surface area contributed by atoms with Gasteiger partial charge in [0.25, 0.3) is 5.69 Å². The number of carbonyl (C=O) groups is 1. The van der Waals surface area contributed by atoms with Gasteiger partial charge in [0.05, 0.1) is 21.9 Å². The highest BCUT2D eigenvalue weighted by Gasteiger charge is 2.31. The maximum atomic E-state index is 13.0. The number of rotatable bonds is 5. The molecule has 0 unspecified atom stereocenters. The average molecular weight is 531 g/mol. The second-order valence-electron chi connectivity index (χ2n) is 8.54. The highest BCUT2D eigenvalue weighted by molar-refractivity contribution is 7.15. The molecule has 1 aliphatic rings. The van der Waals surface area contributed by atoms with Gasteiger partial charge >= 0.3 is 12.2 Å². The first-order chi connectivity index (χ1) is 17.7. The Balaban J connectivity index is 1.25.